The topological polar surface area (TPSA) is 50.1 Å². The molecular formula is C19H39N3. The average Bonchev–Trinajstić information content (AvgIpc) is 2.57. The summed E-state index contributed by atoms with van der Waals surface area (Å²) < 4.78 is 0. The van der Waals surface area contributed by atoms with E-state index in [4.69, 9.17) is 5.73 Å². The van der Waals surface area contributed by atoms with E-state index in [0.717, 1.165) is 37.2 Å². The van der Waals surface area contributed by atoms with Gasteiger partial charge in [0, 0.05) is 19.1 Å². The molecule has 0 fully saturated rings. The highest BCUT2D eigenvalue weighted by Crippen LogP contribution is 1.98. The molecule has 0 aromatic heterocycles. The highest BCUT2D eigenvalue weighted by molar-refractivity contribution is 5.27. The molecule has 22 heavy (non-hydrogen) atoms. The van der Waals surface area contributed by atoms with Crippen molar-refractivity contribution < 1.29 is 0 Å². The summed E-state index contributed by atoms with van der Waals surface area (Å²) in [6.07, 6.45) is 9.67. The van der Waals surface area contributed by atoms with E-state index in [1.54, 1.807) is 0 Å². The molecular weight excluding hydrogens is 270 g/mol. The number of nitrogens with one attached hydrogen (secondary N) is 2. The van der Waals surface area contributed by atoms with Gasteiger partial charge in [-0.15, -0.1) is 0 Å². The van der Waals surface area contributed by atoms with Crippen LogP contribution < -0.4 is 16.4 Å². The molecule has 0 rings (SSSR count). The SMILES string of the molecule is C=C(/C=C\C(=C/C)CN)CNCCCNC(CC)CC.CC. The van der Waals surface area contributed by atoms with E-state index in [2.05, 4.69) is 31.1 Å². The van der Waals surface area contributed by atoms with Gasteiger partial charge in [-0.2, -0.15) is 0 Å². The van der Waals surface area contributed by atoms with Crippen LogP contribution in [0.4, 0.5) is 0 Å². The van der Waals surface area contributed by atoms with Crippen molar-refractivity contribution in [2.45, 2.75) is 59.9 Å². The number of nitrogens with two attached hydrogens (primary N) is 1. The van der Waals surface area contributed by atoms with Crippen LogP contribution >= 0.6 is 0 Å². The van der Waals surface area contributed by atoms with Gasteiger partial charge in [0.05, 0.1) is 0 Å². The molecule has 3 heteroatoms. The molecule has 0 aromatic carbocycles. The summed E-state index contributed by atoms with van der Waals surface area (Å²) >= 11 is 0. The zero-order valence-electron chi connectivity index (χ0n) is 15.5. The summed E-state index contributed by atoms with van der Waals surface area (Å²) in [7, 11) is 0. The normalized spacial score (nSPS) is 11.7. The van der Waals surface area contributed by atoms with E-state index in [1.807, 2.05) is 39.0 Å². The number of allylic oxidation sites excluding steroid dienone is 1. The highest BCUT2D eigenvalue weighted by Gasteiger charge is 2.00. The van der Waals surface area contributed by atoms with Crippen LogP contribution in [0.3, 0.4) is 0 Å². The predicted octanol–water partition coefficient (Wildman–Crippen LogP) is 3.79. The fourth-order valence-electron chi connectivity index (χ4n) is 1.91. The summed E-state index contributed by atoms with van der Waals surface area (Å²) in [5, 5.41) is 6.98. The molecule has 0 bridgehead atoms. The van der Waals surface area contributed by atoms with Crippen molar-refractivity contribution in [1.82, 2.24) is 10.6 Å². The summed E-state index contributed by atoms with van der Waals surface area (Å²) in [5.41, 5.74) is 7.83. The van der Waals surface area contributed by atoms with E-state index < -0.39 is 0 Å². The van der Waals surface area contributed by atoms with Gasteiger partial charge in [-0.3, -0.25) is 0 Å². The maximum atomic E-state index is 5.60. The van der Waals surface area contributed by atoms with Crippen molar-refractivity contribution in [3.05, 3.63) is 36.0 Å². The lowest BCUT2D eigenvalue weighted by Gasteiger charge is -2.14. The van der Waals surface area contributed by atoms with Crippen molar-refractivity contribution in [2.75, 3.05) is 26.2 Å². The fraction of sp³-hybridized carbons (Fsp3) is 0.684. The minimum atomic E-state index is 0.579. The molecule has 0 amide bonds. The zero-order chi connectivity index (χ0) is 17.2. The minimum Gasteiger partial charge on any atom is -0.327 e. The van der Waals surface area contributed by atoms with Gasteiger partial charge in [0.15, 0.2) is 0 Å². The Labute approximate surface area is 139 Å². The summed E-state index contributed by atoms with van der Waals surface area (Å²) in [6, 6.07) is 0.670. The second-order valence-corrected chi connectivity index (χ2v) is 5.06. The van der Waals surface area contributed by atoms with Gasteiger partial charge in [-0.25, -0.2) is 0 Å². The molecule has 0 heterocycles. The first-order valence-electron chi connectivity index (χ1n) is 8.83. The van der Waals surface area contributed by atoms with Crippen molar-refractivity contribution in [3.63, 3.8) is 0 Å². The van der Waals surface area contributed by atoms with Gasteiger partial charge < -0.3 is 16.4 Å². The monoisotopic (exact) mass is 309 g/mol. The Kier molecular flexibility index (Phi) is 19.3. The van der Waals surface area contributed by atoms with Gasteiger partial charge in [0.25, 0.3) is 0 Å². The van der Waals surface area contributed by atoms with Crippen LogP contribution in [0.2, 0.25) is 0 Å². The number of hydrogen-bond donors (Lipinski definition) is 3. The van der Waals surface area contributed by atoms with Crippen LogP contribution in [0, 0.1) is 0 Å². The van der Waals surface area contributed by atoms with Crippen molar-refractivity contribution in [1.29, 1.82) is 0 Å². The highest BCUT2D eigenvalue weighted by atomic mass is 14.9. The molecule has 0 aromatic rings. The Morgan fingerprint density at radius 3 is 2.27 bits per heavy atom. The van der Waals surface area contributed by atoms with Crippen LogP contribution in [-0.4, -0.2) is 32.2 Å². The lowest BCUT2D eigenvalue weighted by Crippen LogP contribution is -2.30. The lowest BCUT2D eigenvalue weighted by molar-refractivity contribution is 0.474. The molecule has 0 spiro atoms. The van der Waals surface area contributed by atoms with Gasteiger partial charge in [-0.1, -0.05) is 52.5 Å². The molecule has 0 saturated carbocycles. The number of hydrogen-bond acceptors (Lipinski definition) is 3. The third-order valence-corrected chi connectivity index (χ3v) is 3.44. The van der Waals surface area contributed by atoms with Crippen LogP contribution in [-0.2, 0) is 0 Å². The Balaban J connectivity index is 0. The summed E-state index contributed by atoms with van der Waals surface area (Å²) in [4.78, 5) is 0. The van der Waals surface area contributed by atoms with Gasteiger partial charge >= 0.3 is 0 Å². The maximum Gasteiger partial charge on any atom is 0.0199 e. The minimum absolute atomic E-state index is 0.579. The first-order chi connectivity index (χ1) is 10.7. The first kappa shape index (κ1) is 23.4. The third-order valence-electron chi connectivity index (χ3n) is 3.44. The average molecular weight is 310 g/mol. The van der Waals surface area contributed by atoms with Gasteiger partial charge in [0.1, 0.15) is 0 Å². The van der Waals surface area contributed by atoms with Gasteiger partial charge in [-0.05, 0) is 50.4 Å². The molecule has 0 aliphatic rings. The summed E-state index contributed by atoms with van der Waals surface area (Å²) in [5.74, 6) is 0. The molecule has 3 nitrogen and oxygen atoms in total. The molecule has 0 unspecified atom stereocenters. The molecule has 0 aliphatic heterocycles. The van der Waals surface area contributed by atoms with Crippen molar-refractivity contribution >= 4 is 0 Å². The molecule has 4 N–H and O–H groups in total. The van der Waals surface area contributed by atoms with E-state index in [9.17, 15) is 0 Å². The quantitative estimate of drug-likeness (QED) is 0.380. The molecule has 0 radical (unpaired) electrons. The van der Waals surface area contributed by atoms with E-state index in [0.29, 0.717) is 12.6 Å². The molecule has 130 valence electrons. The molecule has 0 atom stereocenters. The van der Waals surface area contributed by atoms with Crippen molar-refractivity contribution in [3.8, 4) is 0 Å². The largest absolute Gasteiger partial charge is 0.327 e. The van der Waals surface area contributed by atoms with Crippen LogP contribution in [0.1, 0.15) is 53.9 Å². The lowest BCUT2D eigenvalue weighted by atomic mass is 10.1. The maximum absolute atomic E-state index is 5.60. The predicted molar refractivity (Wildman–Crippen MR) is 102 cm³/mol. The first-order valence-corrected chi connectivity index (χ1v) is 8.83. The van der Waals surface area contributed by atoms with Crippen molar-refractivity contribution in [2.24, 2.45) is 5.73 Å². The van der Waals surface area contributed by atoms with E-state index in [-0.39, 0.29) is 0 Å². The van der Waals surface area contributed by atoms with Crippen LogP contribution in [0.15, 0.2) is 36.0 Å². The Bertz CT molecular complexity index is 302. The summed E-state index contributed by atoms with van der Waals surface area (Å²) in [6.45, 7) is 18.0. The van der Waals surface area contributed by atoms with E-state index >= 15 is 0 Å². The fourth-order valence-corrected chi connectivity index (χ4v) is 1.91. The smallest absolute Gasteiger partial charge is 0.0199 e. The standard InChI is InChI=1S/C17H33N3.C2H6/c1-5-16(13-18)10-9-15(4)14-19-11-8-12-20-17(6-2)7-3;1-2/h5,9-10,17,19-20H,4,6-8,11-14,18H2,1-3H3;1-2H3/b10-9-,16-5+;. The Hall–Kier alpha value is -0.900. The van der Waals surface area contributed by atoms with E-state index in [1.165, 1.54) is 12.8 Å². The number of rotatable bonds is 12. The molecule has 0 aliphatic carbocycles. The Morgan fingerprint density at radius 2 is 1.77 bits per heavy atom. The molecule has 0 saturated heterocycles. The van der Waals surface area contributed by atoms with Crippen LogP contribution in [0.5, 0.6) is 0 Å². The Morgan fingerprint density at radius 1 is 1.14 bits per heavy atom. The van der Waals surface area contributed by atoms with Gasteiger partial charge in [0.2, 0.25) is 0 Å². The second kappa shape index (κ2) is 18.1. The van der Waals surface area contributed by atoms with Crippen LogP contribution in [0.25, 0.3) is 0 Å². The third kappa shape index (κ3) is 14.1. The zero-order valence-corrected chi connectivity index (χ0v) is 15.5. The second-order valence-electron chi connectivity index (χ2n) is 5.06.